The Morgan fingerprint density at radius 1 is 0.698 bits per heavy atom. The van der Waals surface area contributed by atoms with Gasteiger partial charge in [0.25, 0.3) is 0 Å². The summed E-state index contributed by atoms with van der Waals surface area (Å²) in [5.74, 6) is -0.299. The highest BCUT2D eigenvalue weighted by atomic mass is 16.6. The van der Waals surface area contributed by atoms with E-state index in [-0.39, 0.29) is 31.0 Å². The molecule has 0 aromatic heterocycles. The van der Waals surface area contributed by atoms with Crippen molar-refractivity contribution in [3.05, 3.63) is 71.8 Å². The minimum Gasteiger partial charge on any atom is -0.460 e. The van der Waals surface area contributed by atoms with Gasteiger partial charge in [0.1, 0.15) is 16.8 Å². The van der Waals surface area contributed by atoms with Crippen molar-refractivity contribution in [1.82, 2.24) is 9.80 Å². The van der Waals surface area contributed by atoms with Crippen LogP contribution in [0.1, 0.15) is 106 Å². The van der Waals surface area contributed by atoms with Gasteiger partial charge in [-0.15, -0.1) is 0 Å². The molecular weight excluding hydrogens is 544 g/mol. The van der Waals surface area contributed by atoms with Gasteiger partial charge in [-0.2, -0.15) is 0 Å². The number of carbonyl (C=O) groups is 3. The highest BCUT2D eigenvalue weighted by molar-refractivity contribution is 5.88. The van der Waals surface area contributed by atoms with Crippen LogP contribution in [0.15, 0.2) is 60.7 Å². The lowest BCUT2D eigenvalue weighted by Gasteiger charge is -2.37. The Balaban J connectivity index is 2.40. The van der Waals surface area contributed by atoms with Gasteiger partial charge in [0, 0.05) is 25.2 Å². The van der Waals surface area contributed by atoms with Crippen molar-refractivity contribution in [3.8, 4) is 0 Å². The topological polar surface area (TPSA) is 85.4 Å². The molecule has 0 radical (unpaired) electrons. The Bertz CT molecular complexity index is 1130. The normalized spacial score (nSPS) is 13.7. The Morgan fingerprint density at radius 2 is 1.16 bits per heavy atom. The van der Waals surface area contributed by atoms with Gasteiger partial charge in [0.05, 0.1) is 6.42 Å². The average Bonchev–Trinajstić information content (AvgIpc) is 2.86. The van der Waals surface area contributed by atoms with Crippen LogP contribution < -0.4 is 0 Å². The van der Waals surface area contributed by atoms with Gasteiger partial charge in [-0.05, 0) is 93.2 Å². The van der Waals surface area contributed by atoms with Crippen LogP contribution in [-0.4, -0.2) is 57.3 Å². The third-order valence-corrected chi connectivity index (χ3v) is 6.43. The van der Waals surface area contributed by atoms with Crippen molar-refractivity contribution in [3.63, 3.8) is 0 Å². The van der Waals surface area contributed by atoms with Gasteiger partial charge in [-0.3, -0.25) is 9.69 Å². The molecule has 0 fully saturated rings. The number of ether oxygens (including phenoxy) is 3. The van der Waals surface area contributed by atoms with Crippen molar-refractivity contribution in [1.29, 1.82) is 0 Å². The Kier molecular flexibility index (Phi) is 12.8. The molecule has 238 valence electrons. The van der Waals surface area contributed by atoms with E-state index in [1.165, 1.54) is 0 Å². The first-order valence-electron chi connectivity index (χ1n) is 15.1. The van der Waals surface area contributed by atoms with Crippen molar-refractivity contribution in [2.75, 3.05) is 6.54 Å². The highest BCUT2D eigenvalue weighted by Gasteiger charge is 2.33. The number of rotatable bonds is 11. The molecule has 0 saturated heterocycles. The molecule has 43 heavy (non-hydrogen) atoms. The quantitative estimate of drug-likeness (QED) is 0.190. The van der Waals surface area contributed by atoms with E-state index in [2.05, 4.69) is 36.1 Å². The van der Waals surface area contributed by atoms with E-state index in [0.717, 1.165) is 16.0 Å². The lowest BCUT2D eigenvalue weighted by molar-refractivity contribution is -0.156. The van der Waals surface area contributed by atoms with E-state index in [1.807, 2.05) is 57.2 Å². The molecule has 0 saturated carbocycles. The molecule has 0 aliphatic carbocycles. The van der Waals surface area contributed by atoms with Crippen LogP contribution in [-0.2, 0) is 25.5 Å². The van der Waals surface area contributed by atoms with E-state index in [9.17, 15) is 14.4 Å². The van der Waals surface area contributed by atoms with E-state index < -0.39 is 29.0 Å². The molecule has 0 N–H and O–H groups in total. The zero-order chi connectivity index (χ0) is 32.4. The summed E-state index contributed by atoms with van der Waals surface area (Å²) in [4.78, 5) is 42.7. The molecule has 8 nitrogen and oxygen atoms in total. The Morgan fingerprint density at radius 3 is 1.63 bits per heavy atom. The van der Waals surface area contributed by atoms with Crippen LogP contribution in [0, 0.1) is 0 Å². The summed E-state index contributed by atoms with van der Waals surface area (Å²) < 4.78 is 16.8. The summed E-state index contributed by atoms with van der Waals surface area (Å²) in [5, 5.41) is 0. The van der Waals surface area contributed by atoms with Crippen LogP contribution in [0.5, 0.6) is 0 Å². The lowest BCUT2D eigenvalue weighted by Crippen LogP contribution is -2.45. The fourth-order valence-electron chi connectivity index (χ4n) is 4.64. The number of benzene rings is 2. The van der Waals surface area contributed by atoms with Gasteiger partial charge >= 0.3 is 18.2 Å². The third-order valence-electron chi connectivity index (χ3n) is 6.43. The number of imide groups is 1. The van der Waals surface area contributed by atoms with E-state index in [0.29, 0.717) is 19.4 Å². The highest BCUT2D eigenvalue weighted by Crippen LogP contribution is 2.29. The number of nitrogens with zero attached hydrogens (tertiary/aromatic N) is 2. The first-order valence-corrected chi connectivity index (χ1v) is 15.1. The maximum absolute atomic E-state index is 13.2. The van der Waals surface area contributed by atoms with Crippen molar-refractivity contribution in [2.45, 2.75) is 124 Å². The van der Waals surface area contributed by atoms with Gasteiger partial charge in [0.15, 0.2) is 0 Å². The zero-order valence-electron chi connectivity index (χ0n) is 27.8. The molecule has 2 aromatic carbocycles. The minimum atomic E-state index is -0.784. The monoisotopic (exact) mass is 596 g/mol. The fourth-order valence-corrected chi connectivity index (χ4v) is 4.64. The van der Waals surface area contributed by atoms with Crippen molar-refractivity contribution in [2.24, 2.45) is 0 Å². The minimum absolute atomic E-state index is 0.0262. The number of esters is 1. The largest absolute Gasteiger partial charge is 0.460 e. The maximum atomic E-state index is 13.2. The molecule has 0 aliphatic rings. The molecule has 2 aromatic rings. The SMILES string of the molecule is C[C@@H](c1ccccc1)N(Cc1ccccc1)[C@@H](CCCN(C(=O)OC(C)(C)C)C(=O)OC(C)(C)C)CC(=O)OC(C)(C)C. The Labute approximate surface area is 258 Å². The van der Waals surface area contributed by atoms with E-state index in [1.54, 1.807) is 41.5 Å². The smallest absolute Gasteiger partial charge is 0.419 e. The number of amides is 2. The van der Waals surface area contributed by atoms with Crippen LogP contribution >= 0.6 is 0 Å². The standard InChI is InChI=1S/C35H52N2O6/c1-26(28-20-15-12-16-21-28)37(25-27-18-13-11-14-19-27)29(24-30(38)41-33(2,3)4)22-17-23-36(31(39)42-34(5,6)7)32(40)43-35(8,9)10/h11-16,18-21,26,29H,17,22-25H2,1-10H3/t26-,29-/m0/s1. The van der Waals surface area contributed by atoms with Crippen LogP contribution in [0.2, 0.25) is 0 Å². The molecule has 8 heteroatoms. The molecule has 2 rings (SSSR count). The molecular formula is C35H52N2O6. The molecule has 0 bridgehead atoms. The maximum Gasteiger partial charge on any atom is 0.419 e. The predicted octanol–water partition coefficient (Wildman–Crippen LogP) is 8.30. The zero-order valence-corrected chi connectivity index (χ0v) is 27.8. The van der Waals surface area contributed by atoms with Crippen molar-refractivity contribution >= 4 is 18.2 Å². The van der Waals surface area contributed by atoms with Gasteiger partial charge in [-0.1, -0.05) is 60.7 Å². The van der Waals surface area contributed by atoms with Crippen LogP contribution in [0.4, 0.5) is 9.59 Å². The Hall–Kier alpha value is -3.39. The first kappa shape index (κ1) is 35.8. The van der Waals surface area contributed by atoms with Gasteiger partial charge < -0.3 is 14.2 Å². The summed E-state index contributed by atoms with van der Waals surface area (Å²) in [5.41, 5.74) is 0.0455. The van der Waals surface area contributed by atoms with Crippen molar-refractivity contribution < 1.29 is 28.6 Å². The van der Waals surface area contributed by atoms with E-state index in [4.69, 9.17) is 14.2 Å². The molecule has 0 heterocycles. The lowest BCUT2D eigenvalue weighted by atomic mass is 9.98. The summed E-state index contributed by atoms with van der Waals surface area (Å²) in [6, 6.07) is 20.0. The van der Waals surface area contributed by atoms with Crippen LogP contribution in [0.25, 0.3) is 0 Å². The number of hydrogen-bond donors (Lipinski definition) is 0. The molecule has 0 unspecified atom stereocenters. The van der Waals surface area contributed by atoms with Gasteiger partial charge in [0.2, 0.25) is 0 Å². The van der Waals surface area contributed by atoms with Crippen LogP contribution in [0.3, 0.4) is 0 Å². The molecule has 0 spiro atoms. The summed E-state index contributed by atoms with van der Waals surface area (Å²) >= 11 is 0. The summed E-state index contributed by atoms with van der Waals surface area (Å²) in [7, 11) is 0. The molecule has 2 atom stereocenters. The molecule has 0 aliphatic heterocycles. The number of hydrogen-bond acceptors (Lipinski definition) is 7. The van der Waals surface area contributed by atoms with E-state index >= 15 is 0 Å². The predicted molar refractivity (Wildman–Crippen MR) is 169 cm³/mol. The average molecular weight is 597 g/mol. The number of carbonyl (C=O) groups excluding carboxylic acids is 3. The second kappa shape index (κ2) is 15.4. The molecule has 2 amide bonds. The fraction of sp³-hybridized carbons (Fsp3) is 0.571. The summed E-state index contributed by atoms with van der Waals surface area (Å²) in [6.45, 7) is 18.9. The summed E-state index contributed by atoms with van der Waals surface area (Å²) in [6.07, 6.45) is -0.418. The second-order valence-corrected chi connectivity index (χ2v) is 13.9. The second-order valence-electron chi connectivity index (χ2n) is 13.9. The third kappa shape index (κ3) is 13.6. The first-order chi connectivity index (χ1) is 19.8. The van der Waals surface area contributed by atoms with Gasteiger partial charge in [-0.25, -0.2) is 14.5 Å².